The van der Waals surface area contributed by atoms with Crippen molar-refractivity contribution in [1.82, 2.24) is 4.98 Å². The normalized spacial score (nSPS) is 10.5. The van der Waals surface area contributed by atoms with Crippen molar-refractivity contribution in [1.29, 1.82) is 0 Å². The van der Waals surface area contributed by atoms with Gasteiger partial charge in [0.15, 0.2) is 6.29 Å². The summed E-state index contributed by atoms with van der Waals surface area (Å²) < 4.78 is 24.3. The standard InChI is InChI=1S/C7H3Cl2F2NO/c8-3-1-4(9)6(7(10)11)12-5(3)2-13/h1-2,7H. The number of hydrogen-bond donors (Lipinski definition) is 0. The number of carbonyl (C=O) groups is 1. The number of aromatic nitrogens is 1. The van der Waals surface area contributed by atoms with Crippen LogP contribution in [0.25, 0.3) is 0 Å². The molecule has 0 bridgehead atoms. The number of halogens is 4. The molecule has 2 nitrogen and oxygen atoms in total. The predicted octanol–water partition coefficient (Wildman–Crippen LogP) is 3.14. The Kier molecular flexibility index (Phi) is 3.17. The van der Waals surface area contributed by atoms with Crippen LogP contribution in [0.3, 0.4) is 0 Å². The number of alkyl halides is 2. The highest BCUT2D eigenvalue weighted by Gasteiger charge is 2.16. The molecule has 0 saturated carbocycles. The van der Waals surface area contributed by atoms with E-state index in [1.165, 1.54) is 0 Å². The molecule has 0 aliphatic rings. The molecule has 0 saturated heterocycles. The zero-order valence-corrected chi connectivity index (χ0v) is 7.61. The van der Waals surface area contributed by atoms with Crippen LogP contribution < -0.4 is 0 Å². The molecule has 0 atom stereocenters. The van der Waals surface area contributed by atoms with Gasteiger partial charge in [0.2, 0.25) is 0 Å². The molecule has 1 aromatic rings. The fourth-order valence-electron chi connectivity index (χ4n) is 0.731. The van der Waals surface area contributed by atoms with Gasteiger partial charge >= 0.3 is 0 Å². The van der Waals surface area contributed by atoms with Gasteiger partial charge in [0.25, 0.3) is 6.43 Å². The van der Waals surface area contributed by atoms with E-state index < -0.39 is 12.1 Å². The number of nitrogens with zero attached hydrogens (tertiary/aromatic N) is 1. The quantitative estimate of drug-likeness (QED) is 0.725. The van der Waals surface area contributed by atoms with Crippen molar-refractivity contribution in [2.24, 2.45) is 0 Å². The van der Waals surface area contributed by atoms with Crippen molar-refractivity contribution in [3.8, 4) is 0 Å². The minimum Gasteiger partial charge on any atom is -0.296 e. The fourth-order valence-corrected chi connectivity index (χ4v) is 1.22. The van der Waals surface area contributed by atoms with Gasteiger partial charge in [0, 0.05) is 0 Å². The number of pyridine rings is 1. The Balaban J connectivity index is 3.30. The average molecular weight is 226 g/mol. The van der Waals surface area contributed by atoms with Crippen LogP contribution in [0.2, 0.25) is 10.0 Å². The van der Waals surface area contributed by atoms with E-state index in [0.717, 1.165) is 6.07 Å². The maximum Gasteiger partial charge on any atom is 0.281 e. The van der Waals surface area contributed by atoms with Crippen molar-refractivity contribution in [3.63, 3.8) is 0 Å². The third-order valence-electron chi connectivity index (χ3n) is 1.30. The van der Waals surface area contributed by atoms with Crippen LogP contribution in [-0.2, 0) is 0 Å². The van der Waals surface area contributed by atoms with Crippen molar-refractivity contribution >= 4 is 29.5 Å². The lowest BCUT2D eigenvalue weighted by Crippen LogP contribution is -1.97. The molecule has 1 rings (SSSR count). The van der Waals surface area contributed by atoms with Gasteiger partial charge in [0.1, 0.15) is 11.4 Å². The highest BCUT2D eigenvalue weighted by atomic mass is 35.5. The minimum absolute atomic E-state index is 0.0376. The predicted molar refractivity (Wildman–Crippen MR) is 44.6 cm³/mol. The molecule has 0 aromatic carbocycles. The molecule has 1 aromatic heterocycles. The molecule has 1 heterocycles. The molecule has 0 radical (unpaired) electrons. The topological polar surface area (TPSA) is 30.0 Å². The zero-order chi connectivity index (χ0) is 10.0. The molecule has 0 amide bonds. The molecule has 6 heteroatoms. The van der Waals surface area contributed by atoms with Crippen molar-refractivity contribution in [2.45, 2.75) is 6.43 Å². The lowest BCUT2D eigenvalue weighted by Gasteiger charge is -2.03. The van der Waals surface area contributed by atoms with Crippen LogP contribution in [0.5, 0.6) is 0 Å². The number of carbonyl (C=O) groups excluding carboxylic acids is 1. The van der Waals surface area contributed by atoms with Crippen molar-refractivity contribution in [2.75, 3.05) is 0 Å². The van der Waals surface area contributed by atoms with Crippen LogP contribution in [0, 0.1) is 0 Å². The van der Waals surface area contributed by atoms with Gasteiger partial charge in [-0.3, -0.25) is 4.79 Å². The Bertz CT molecular complexity index is 344. The van der Waals surface area contributed by atoms with Crippen LogP contribution in [0.1, 0.15) is 22.6 Å². The largest absolute Gasteiger partial charge is 0.296 e. The van der Waals surface area contributed by atoms with E-state index in [1.807, 2.05) is 0 Å². The second-order valence-corrected chi connectivity index (χ2v) is 2.96. The minimum atomic E-state index is -2.82. The smallest absolute Gasteiger partial charge is 0.281 e. The fraction of sp³-hybridized carbons (Fsp3) is 0.143. The third-order valence-corrected chi connectivity index (χ3v) is 1.91. The average Bonchev–Trinajstić information content (AvgIpc) is 2.03. The van der Waals surface area contributed by atoms with E-state index >= 15 is 0 Å². The summed E-state index contributed by atoms with van der Waals surface area (Å²) in [6.07, 6.45) is -2.52. The monoisotopic (exact) mass is 225 g/mol. The zero-order valence-electron chi connectivity index (χ0n) is 6.10. The van der Waals surface area contributed by atoms with E-state index in [0.29, 0.717) is 6.29 Å². The summed E-state index contributed by atoms with van der Waals surface area (Å²) in [6, 6.07) is 1.07. The highest BCUT2D eigenvalue weighted by Crippen LogP contribution is 2.28. The van der Waals surface area contributed by atoms with Crippen LogP contribution in [0.4, 0.5) is 8.78 Å². The lowest BCUT2D eigenvalue weighted by molar-refractivity contribution is 0.111. The maximum atomic E-state index is 12.2. The molecular formula is C7H3Cl2F2NO. The first kappa shape index (κ1) is 10.3. The molecule has 0 unspecified atom stereocenters. The Morgan fingerprint density at radius 1 is 1.38 bits per heavy atom. The first-order valence-corrected chi connectivity index (χ1v) is 3.91. The van der Waals surface area contributed by atoms with Crippen LogP contribution in [0.15, 0.2) is 6.07 Å². The van der Waals surface area contributed by atoms with Gasteiger partial charge in [-0.1, -0.05) is 23.2 Å². The van der Waals surface area contributed by atoms with Gasteiger partial charge < -0.3 is 0 Å². The molecule has 0 spiro atoms. The Morgan fingerprint density at radius 2 is 2.00 bits per heavy atom. The second kappa shape index (κ2) is 3.98. The maximum absolute atomic E-state index is 12.2. The van der Waals surface area contributed by atoms with Gasteiger partial charge in [-0.25, -0.2) is 13.8 Å². The summed E-state index contributed by atoms with van der Waals surface area (Å²) in [6.45, 7) is 0. The van der Waals surface area contributed by atoms with Crippen molar-refractivity contribution < 1.29 is 13.6 Å². The van der Waals surface area contributed by atoms with Crippen LogP contribution >= 0.6 is 23.2 Å². The highest BCUT2D eigenvalue weighted by molar-refractivity contribution is 6.36. The summed E-state index contributed by atoms with van der Waals surface area (Å²) in [5.74, 6) is 0. The molecule has 0 N–H and O–H groups in total. The molecule has 0 fully saturated rings. The first-order valence-electron chi connectivity index (χ1n) is 3.15. The first-order chi connectivity index (χ1) is 6.06. The van der Waals surface area contributed by atoms with Gasteiger partial charge in [-0.2, -0.15) is 0 Å². The van der Waals surface area contributed by atoms with E-state index in [4.69, 9.17) is 23.2 Å². The van der Waals surface area contributed by atoms with E-state index in [2.05, 4.69) is 4.98 Å². The molecule has 70 valence electrons. The van der Waals surface area contributed by atoms with Crippen LogP contribution in [-0.4, -0.2) is 11.3 Å². The van der Waals surface area contributed by atoms with E-state index in [9.17, 15) is 13.6 Å². The number of rotatable bonds is 2. The Hall–Kier alpha value is -0.740. The Labute approximate surface area is 82.5 Å². The van der Waals surface area contributed by atoms with E-state index in [1.54, 1.807) is 0 Å². The summed E-state index contributed by atoms with van der Waals surface area (Å²) in [5, 5.41) is -0.282. The summed E-state index contributed by atoms with van der Waals surface area (Å²) in [7, 11) is 0. The molecule has 0 aliphatic carbocycles. The summed E-state index contributed by atoms with van der Waals surface area (Å²) in [5.41, 5.74) is -0.866. The van der Waals surface area contributed by atoms with Gasteiger partial charge in [0.05, 0.1) is 10.0 Å². The van der Waals surface area contributed by atoms with E-state index in [-0.39, 0.29) is 15.7 Å². The molecule has 0 aliphatic heterocycles. The SMILES string of the molecule is O=Cc1nc(C(F)F)c(Cl)cc1Cl. The summed E-state index contributed by atoms with van der Waals surface area (Å²) in [4.78, 5) is 13.6. The molecular weight excluding hydrogens is 223 g/mol. The number of aldehydes is 1. The van der Waals surface area contributed by atoms with Gasteiger partial charge in [-0.05, 0) is 6.07 Å². The third kappa shape index (κ3) is 2.14. The lowest BCUT2D eigenvalue weighted by atomic mass is 10.3. The summed E-state index contributed by atoms with van der Waals surface area (Å²) >= 11 is 10.9. The Morgan fingerprint density at radius 3 is 2.46 bits per heavy atom. The van der Waals surface area contributed by atoms with Crippen molar-refractivity contribution in [3.05, 3.63) is 27.5 Å². The number of hydrogen-bond acceptors (Lipinski definition) is 2. The molecule has 13 heavy (non-hydrogen) atoms. The van der Waals surface area contributed by atoms with Gasteiger partial charge in [-0.15, -0.1) is 0 Å². The second-order valence-electron chi connectivity index (χ2n) is 2.14.